The number of nitrogens with one attached hydrogen (secondary N) is 1. The van der Waals surface area contributed by atoms with E-state index in [4.69, 9.17) is 5.11 Å². The van der Waals surface area contributed by atoms with Crippen molar-refractivity contribution in [1.82, 2.24) is 0 Å². The summed E-state index contributed by atoms with van der Waals surface area (Å²) in [6.45, 7) is 1.13. The Morgan fingerprint density at radius 2 is 1.43 bits per heavy atom. The van der Waals surface area contributed by atoms with Crippen LogP contribution in [0.3, 0.4) is 0 Å². The number of anilines is 1. The minimum absolute atomic E-state index is 0.119. The molecule has 0 aliphatic heterocycles. The van der Waals surface area contributed by atoms with Crippen LogP contribution in [0.4, 0.5) is 32.0 Å². The molecule has 0 saturated carbocycles. The van der Waals surface area contributed by atoms with Crippen LogP contribution in [-0.4, -0.2) is 29.1 Å². The van der Waals surface area contributed by atoms with Crippen molar-refractivity contribution < 1.29 is 41.0 Å². The molecule has 4 nitrogen and oxygen atoms in total. The maximum absolute atomic E-state index is 12.7. The third-order valence-corrected chi connectivity index (χ3v) is 2.82. The Balaban J connectivity index is 3.11. The zero-order valence-electron chi connectivity index (χ0n) is 11.5. The lowest BCUT2D eigenvalue weighted by molar-refractivity contribution is -0.376. The molecule has 1 aromatic rings. The Morgan fingerprint density at radius 1 is 1.00 bits per heavy atom. The van der Waals surface area contributed by atoms with Crippen LogP contribution < -0.4 is 5.32 Å². The van der Waals surface area contributed by atoms with Gasteiger partial charge in [0, 0.05) is 11.3 Å². The number of ketones is 1. The van der Waals surface area contributed by atoms with Gasteiger partial charge in [-0.05, 0) is 19.1 Å². The maximum Gasteiger partial charge on any atom is 0.430 e. The highest BCUT2D eigenvalue weighted by Crippen LogP contribution is 2.50. The number of aliphatic hydroxyl groups is 1. The van der Waals surface area contributed by atoms with E-state index in [1.54, 1.807) is 0 Å². The maximum atomic E-state index is 12.7. The summed E-state index contributed by atoms with van der Waals surface area (Å²) in [6.07, 6.45) is -12.5. The lowest BCUT2D eigenvalue weighted by Crippen LogP contribution is -2.53. The number of rotatable bonds is 4. The van der Waals surface area contributed by atoms with Crippen molar-refractivity contribution in [2.45, 2.75) is 31.3 Å². The van der Waals surface area contributed by atoms with Crippen LogP contribution in [-0.2, 0) is 15.2 Å². The number of hydrogen-bond donors (Lipinski definition) is 2. The van der Waals surface area contributed by atoms with E-state index in [-0.39, 0.29) is 5.69 Å². The third kappa shape index (κ3) is 4.01. The second-order valence-corrected chi connectivity index (χ2v) is 4.71. The van der Waals surface area contributed by atoms with Crippen molar-refractivity contribution in [1.29, 1.82) is 0 Å². The first-order chi connectivity index (χ1) is 10.3. The molecule has 0 bridgehead atoms. The molecule has 0 radical (unpaired) electrons. The van der Waals surface area contributed by atoms with Gasteiger partial charge in [-0.2, -0.15) is 26.3 Å². The van der Waals surface area contributed by atoms with Crippen LogP contribution in [0.2, 0.25) is 0 Å². The second kappa shape index (κ2) is 6.19. The Hall–Kier alpha value is -2.10. The van der Waals surface area contributed by atoms with E-state index in [1.165, 1.54) is 0 Å². The number of benzene rings is 1. The van der Waals surface area contributed by atoms with Crippen LogP contribution in [0.5, 0.6) is 0 Å². The number of Topliss-reactive ketones (excluding diaryl/α,β-unsaturated/α-hetero) is 1. The first-order valence-electron chi connectivity index (χ1n) is 6.04. The van der Waals surface area contributed by atoms with Crippen molar-refractivity contribution in [2.24, 2.45) is 0 Å². The fourth-order valence-corrected chi connectivity index (χ4v) is 1.71. The topological polar surface area (TPSA) is 66.4 Å². The molecule has 128 valence electrons. The number of hydrogen-bond acceptors (Lipinski definition) is 3. The van der Waals surface area contributed by atoms with E-state index in [0.29, 0.717) is 12.1 Å². The Morgan fingerprint density at radius 3 is 1.78 bits per heavy atom. The molecule has 0 fully saturated rings. The summed E-state index contributed by atoms with van der Waals surface area (Å²) in [6, 6.07) is 2.31. The Labute approximate surface area is 126 Å². The van der Waals surface area contributed by atoms with Gasteiger partial charge in [-0.25, -0.2) is 0 Å². The molecule has 0 atom stereocenters. The van der Waals surface area contributed by atoms with Crippen molar-refractivity contribution in [3.63, 3.8) is 0 Å². The SMILES string of the molecule is CC(=O)CC(=O)Nc1ccc(C(O)(C(F)(F)F)C(F)(F)F)cc1. The molecule has 0 heterocycles. The zero-order chi connectivity index (χ0) is 18.1. The quantitative estimate of drug-likeness (QED) is 0.653. The highest BCUT2D eigenvalue weighted by Gasteiger charge is 2.71. The number of carbonyl (C=O) groups is 2. The minimum Gasteiger partial charge on any atom is -0.369 e. The van der Waals surface area contributed by atoms with E-state index in [1.807, 2.05) is 0 Å². The Bertz CT molecular complexity index is 577. The van der Waals surface area contributed by atoms with Crippen LogP contribution in [0.1, 0.15) is 18.9 Å². The van der Waals surface area contributed by atoms with Crippen molar-refractivity contribution in [3.8, 4) is 0 Å². The molecule has 1 aromatic carbocycles. The van der Waals surface area contributed by atoms with Gasteiger partial charge < -0.3 is 10.4 Å². The van der Waals surface area contributed by atoms with Gasteiger partial charge in [0.05, 0.1) is 6.42 Å². The van der Waals surface area contributed by atoms with Gasteiger partial charge in [-0.15, -0.1) is 0 Å². The fraction of sp³-hybridized carbons (Fsp3) is 0.385. The molecule has 0 aromatic heterocycles. The molecular formula is C13H11F6NO3. The Kier molecular flexibility index (Phi) is 5.10. The monoisotopic (exact) mass is 343 g/mol. The molecule has 1 rings (SSSR count). The number of halogens is 6. The zero-order valence-corrected chi connectivity index (χ0v) is 11.5. The lowest BCUT2D eigenvalue weighted by Gasteiger charge is -2.32. The summed E-state index contributed by atoms with van der Waals surface area (Å²) in [5.74, 6) is -1.24. The summed E-state index contributed by atoms with van der Waals surface area (Å²) in [5, 5.41) is 11.3. The van der Waals surface area contributed by atoms with Gasteiger partial charge in [-0.1, -0.05) is 12.1 Å². The predicted octanol–water partition coefficient (Wildman–Crippen LogP) is 2.92. The van der Waals surface area contributed by atoms with E-state index in [0.717, 1.165) is 19.1 Å². The van der Waals surface area contributed by atoms with Gasteiger partial charge in [0.2, 0.25) is 5.91 Å². The third-order valence-electron chi connectivity index (χ3n) is 2.82. The number of amides is 1. The van der Waals surface area contributed by atoms with E-state index in [9.17, 15) is 35.9 Å². The molecule has 0 unspecified atom stereocenters. The predicted molar refractivity (Wildman–Crippen MR) is 66.4 cm³/mol. The average Bonchev–Trinajstić information content (AvgIpc) is 2.34. The summed E-state index contributed by atoms with van der Waals surface area (Å²) in [5.41, 5.74) is -6.59. The normalized spacial score (nSPS) is 12.9. The second-order valence-electron chi connectivity index (χ2n) is 4.71. The summed E-state index contributed by atoms with van der Waals surface area (Å²) in [4.78, 5) is 22.0. The minimum atomic E-state index is -5.98. The molecule has 23 heavy (non-hydrogen) atoms. The summed E-state index contributed by atoms with van der Waals surface area (Å²) >= 11 is 0. The van der Waals surface area contributed by atoms with Gasteiger partial charge >= 0.3 is 12.4 Å². The molecule has 0 aliphatic rings. The van der Waals surface area contributed by atoms with Crippen LogP contribution in [0, 0.1) is 0 Å². The van der Waals surface area contributed by atoms with Crippen molar-refractivity contribution >= 4 is 17.4 Å². The first-order valence-corrected chi connectivity index (χ1v) is 6.04. The molecule has 0 aliphatic carbocycles. The summed E-state index contributed by atoms with van der Waals surface area (Å²) in [7, 11) is 0. The smallest absolute Gasteiger partial charge is 0.369 e. The van der Waals surface area contributed by atoms with Gasteiger partial charge in [0.1, 0.15) is 5.78 Å². The molecule has 10 heteroatoms. The van der Waals surface area contributed by atoms with Gasteiger partial charge in [0.15, 0.2) is 0 Å². The van der Waals surface area contributed by atoms with Gasteiger partial charge in [-0.3, -0.25) is 9.59 Å². The molecule has 1 amide bonds. The highest BCUT2D eigenvalue weighted by atomic mass is 19.4. The number of carbonyl (C=O) groups excluding carboxylic acids is 2. The van der Waals surface area contributed by atoms with Gasteiger partial charge in [0.25, 0.3) is 5.60 Å². The van der Waals surface area contributed by atoms with Crippen LogP contribution in [0.15, 0.2) is 24.3 Å². The fourth-order valence-electron chi connectivity index (χ4n) is 1.71. The van der Waals surface area contributed by atoms with Crippen LogP contribution >= 0.6 is 0 Å². The van der Waals surface area contributed by atoms with Crippen LogP contribution in [0.25, 0.3) is 0 Å². The largest absolute Gasteiger partial charge is 0.430 e. The lowest BCUT2D eigenvalue weighted by atomic mass is 9.92. The van der Waals surface area contributed by atoms with E-state index < -0.39 is 41.6 Å². The van der Waals surface area contributed by atoms with E-state index in [2.05, 4.69) is 5.32 Å². The molecule has 2 N–H and O–H groups in total. The first kappa shape index (κ1) is 18.9. The summed E-state index contributed by atoms with van der Waals surface area (Å²) < 4.78 is 76.0. The van der Waals surface area contributed by atoms with Crippen molar-refractivity contribution in [3.05, 3.63) is 29.8 Å². The molecule has 0 saturated heterocycles. The number of alkyl halides is 6. The van der Waals surface area contributed by atoms with E-state index >= 15 is 0 Å². The van der Waals surface area contributed by atoms with Crippen molar-refractivity contribution in [2.75, 3.05) is 5.32 Å². The average molecular weight is 343 g/mol. The standard InChI is InChI=1S/C13H11F6NO3/c1-7(21)6-10(22)20-9-4-2-8(3-5-9)11(23,12(14,15)16)13(17,18)19/h2-5,23H,6H2,1H3,(H,20,22). The molecule has 0 spiro atoms. The highest BCUT2D eigenvalue weighted by molar-refractivity contribution is 6.03. The molecular weight excluding hydrogens is 332 g/mol.